The smallest absolute Gasteiger partial charge is 0.0317 e. The first kappa shape index (κ1) is 11.2. The molecule has 3 heteroatoms. The van der Waals surface area contributed by atoms with Crippen molar-refractivity contribution in [1.29, 1.82) is 0 Å². The lowest BCUT2D eigenvalue weighted by Gasteiger charge is -2.05. The molecule has 0 aliphatic carbocycles. The van der Waals surface area contributed by atoms with Crippen LogP contribution in [-0.4, -0.2) is 0 Å². The van der Waals surface area contributed by atoms with Crippen molar-refractivity contribution in [2.24, 2.45) is 0 Å². The number of rotatable bonds is 4. The van der Waals surface area contributed by atoms with Gasteiger partial charge in [-0.2, -0.15) is 11.3 Å². The average Bonchev–Trinajstić information content (AvgIpc) is 2.65. The second-order valence-electron chi connectivity index (χ2n) is 3.93. The van der Waals surface area contributed by atoms with Gasteiger partial charge in [0.2, 0.25) is 0 Å². The van der Waals surface area contributed by atoms with Crippen LogP contribution in [0.15, 0.2) is 35.0 Å². The van der Waals surface area contributed by atoms with Gasteiger partial charge in [-0.05, 0) is 46.5 Å². The fourth-order valence-electron chi connectivity index (χ4n) is 1.61. The topological polar surface area (TPSA) is 38.0 Å². The molecular formula is C13H16N2S. The van der Waals surface area contributed by atoms with Gasteiger partial charge < -0.3 is 11.1 Å². The number of nitrogen functional groups attached to an aromatic ring is 1. The monoisotopic (exact) mass is 232 g/mol. The molecule has 0 fully saturated rings. The minimum atomic E-state index is 0.825. The van der Waals surface area contributed by atoms with Gasteiger partial charge in [-0.25, -0.2) is 0 Å². The highest BCUT2D eigenvalue weighted by Crippen LogP contribution is 2.13. The zero-order chi connectivity index (χ0) is 11.4. The van der Waals surface area contributed by atoms with Crippen molar-refractivity contribution < 1.29 is 0 Å². The quantitative estimate of drug-likeness (QED) is 0.795. The molecule has 0 atom stereocenters. The van der Waals surface area contributed by atoms with Crippen LogP contribution in [0, 0.1) is 6.92 Å². The highest BCUT2D eigenvalue weighted by atomic mass is 32.1. The number of nitrogens with two attached hydrogens (primary N) is 1. The molecule has 16 heavy (non-hydrogen) atoms. The van der Waals surface area contributed by atoms with Crippen LogP contribution in [0.4, 0.5) is 5.69 Å². The molecular weight excluding hydrogens is 216 g/mol. The van der Waals surface area contributed by atoms with Gasteiger partial charge in [-0.3, -0.25) is 0 Å². The molecule has 0 radical (unpaired) electrons. The number of aryl methyl sites for hydroxylation is 1. The van der Waals surface area contributed by atoms with Gasteiger partial charge in [0, 0.05) is 18.8 Å². The first-order valence-electron chi connectivity index (χ1n) is 5.32. The first-order valence-corrected chi connectivity index (χ1v) is 6.27. The molecule has 0 saturated heterocycles. The fourth-order valence-corrected chi connectivity index (χ4v) is 2.47. The predicted octanol–water partition coefficient (Wildman–Crippen LogP) is 2.93. The molecule has 0 amide bonds. The van der Waals surface area contributed by atoms with Gasteiger partial charge >= 0.3 is 0 Å². The standard InChI is InChI=1S/C13H16N2S/c1-10-8-16-9-12(10)7-15-6-11-3-2-4-13(14)5-11/h2-5,8-9,15H,6-7,14H2,1H3. The van der Waals surface area contributed by atoms with Crippen LogP contribution >= 0.6 is 11.3 Å². The van der Waals surface area contributed by atoms with Crippen LogP contribution in [0.3, 0.4) is 0 Å². The van der Waals surface area contributed by atoms with Crippen molar-refractivity contribution in [2.45, 2.75) is 20.0 Å². The summed E-state index contributed by atoms with van der Waals surface area (Å²) in [5, 5.41) is 7.80. The largest absolute Gasteiger partial charge is 0.399 e. The summed E-state index contributed by atoms with van der Waals surface area (Å²) in [5.74, 6) is 0. The molecule has 1 aromatic heterocycles. The Morgan fingerprint density at radius 2 is 2.12 bits per heavy atom. The Labute approximate surface area is 100 Å². The zero-order valence-corrected chi connectivity index (χ0v) is 10.2. The Hall–Kier alpha value is -1.32. The van der Waals surface area contributed by atoms with Crippen molar-refractivity contribution >= 4 is 17.0 Å². The molecule has 0 spiro atoms. The molecule has 2 rings (SSSR count). The third-order valence-corrected chi connectivity index (χ3v) is 3.47. The Morgan fingerprint density at radius 1 is 1.25 bits per heavy atom. The summed E-state index contributed by atoms with van der Waals surface area (Å²) >= 11 is 1.75. The summed E-state index contributed by atoms with van der Waals surface area (Å²) in [6.07, 6.45) is 0. The first-order chi connectivity index (χ1) is 7.75. The number of hydrogen-bond acceptors (Lipinski definition) is 3. The highest BCUT2D eigenvalue weighted by Gasteiger charge is 1.98. The summed E-state index contributed by atoms with van der Waals surface area (Å²) in [5.41, 5.74) is 10.5. The minimum absolute atomic E-state index is 0.825. The third kappa shape index (κ3) is 2.84. The maximum absolute atomic E-state index is 5.72. The van der Waals surface area contributed by atoms with Crippen LogP contribution in [0.1, 0.15) is 16.7 Å². The molecule has 1 aromatic carbocycles. The van der Waals surface area contributed by atoms with Gasteiger partial charge in [0.1, 0.15) is 0 Å². The SMILES string of the molecule is Cc1cscc1CNCc1cccc(N)c1. The Balaban J connectivity index is 1.87. The second kappa shape index (κ2) is 5.14. The van der Waals surface area contributed by atoms with Crippen molar-refractivity contribution in [3.05, 3.63) is 51.7 Å². The number of hydrogen-bond donors (Lipinski definition) is 2. The van der Waals surface area contributed by atoms with Crippen molar-refractivity contribution in [1.82, 2.24) is 5.32 Å². The number of thiophene rings is 1. The second-order valence-corrected chi connectivity index (χ2v) is 4.67. The van der Waals surface area contributed by atoms with Crippen molar-refractivity contribution in [3.8, 4) is 0 Å². The van der Waals surface area contributed by atoms with Crippen LogP contribution < -0.4 is 11.1 Å². The van der Waals surface area contributed by atoms with E-state index >= 15 is 0 Å². The van der Waals surface area contributed by atoms with Crippen molar-refractivity contribution in [2.75, 3.05) is 5.73 Å². The van der Waals surface area contributed by atoms with E-state index in [-0.39, 0.29) is 0 Å². The molecule has 2 nitrogen and oxygen atoms in total. The van der Waals surface area contributed by atoms with E-state index < -0.39 is 0 Å². The summed E-state index contributed by atoms with van der Waals surface area (Å²) in [6.45, 7) is 3.93. The molecule has 84 valence electrons. The Kier molecular flexibility index (Phi) is 3.59. The number of nitrogens with one attached hydrogen (secondary N) is 1. The Bertz CT molecular complexity index is 462. The van der Waals surface area contributed by atoms with E-state index in [1.807, 2.05) is 18.2 Å². The van der Waals surface area contributed by atoms with Crippen LogP contribution in [-0.2, 0) is 13.1 Å². The lowest BCUT2D eigenvalue weighted by Crippen LogP contribution is -2.12. The maximum atomic E-state index is 5.72. The van der Waals surface area contributed by atoms with E-state index in [1.165, 1.54) is 16.7 Å². The predicted molar refractivity (Wildman–Crippen MR) is 70.5 cm³/mol. The van der Waals surface area contributed by atoms with Crippen molar-refractivity contribution in [3.63, 3.8) is 0 Å². The van der Waals surface area contributed by atoms with Gasteiger partial charge in [-0.1, -0.05) is 12.1 Å². The van der Waals surface area contributed by atoms with Crippen LogP contribution in [0.5, 0.6) is 0 Å². The van der Waals surface area contributed by atoms with E-state index in [0.29, 0.717) is 0 Å². The van der Waals surface area contributed by atoms with E-state index in [1.54, 1.807) is 11.3 Å². The van der Waals surface area contributed by atoms with E-state index in [0.717, 1.165) is 18.8 Å². The number of anilines is 1. The van der Waals surface area contributed by atoms with Gasteiger partial charge in [0.25, 0.3) is 0 Å². The minimum Gasteiger partial charge on any atom is -0.399 e. The third-order valence-electron chi connectivity index (χ3n) is 2.56. The van der Waals surface area contributed by atoms with Crippen LogP contribution in [0.25, 0.3) is 0 Å². The zero-order valence-electron chi connectivity index (χ0n) is 9.36. The summed E-state index contributed by atoms with van der Waals surface area (Å²) in [4.78, 5) is 0. The maximum Gasteiger partial charge on any atom is 0.0317 e. The fraction of sp³-hybridized carbons (Fsp3) is 0.231. The lowest BCUT2D eigenvalue weighted by atomic mass is 10.2. The molecule has 1 heterocycles. The molecule has 0 aliphatic heterocycles. The van der Waals surface area contributed by atoms with E-state index in [2.05, 4.69) is 29.1 Å². The van der Waals surface area contributed by atoms with Gasteiger partial charge in [0.05, 0.1) is 0 Å². The van der Waals surface area contributed by atoms with E-state index in [4.69, 9.17) is 5.73 Å². The number of benzene rings is 1. The molecule has 0 saturated carbocycles. The van der Waals surface area contributed by atoms with E-state index in [9.17, 15) is 0 Å². The Morgan fingerprint density at radius 3 is 2.81 bits per heavy atom. The van der Waals surface area contributed by atoms with Crippen LogP contribution in [0.2, 0.25) is 0 Å². The average molecular weight is 232 g/mol. The molecule has 3 N–H and O–H groups in total. The van der Waals surface area contributed by atoms with Gasteiger partial charge in [0.15, 0.2) is 0 Å². The highest BCUT2D eigenvalue weighted by molar-refractivity contribution is 7.08. The lowest BCUT2D eigenvalue weighted by molar-refractivity contribution is 0.693. The summed E-state index contributed by atoms with van der Waals surface area (Å²) in [7, 11) is 0. The molecule has 2 aromatic rings. The summed E-state index contributed by atoms with van der Waals surface area (Å²) < 4.78 is 0. The van der Waals surface area contributed by atoms with Gasteiger partial charge in [-0.15, -0.1) is 0 Å². The molecule has 0 unspecified atom stereocenters. The summed E-state index contributed by atoms with van der Waals surface area (Å²) in [6, 6.07) is 7.99. The normalized spacial score (nSPS) is 10.6. The molecule has 0 bridgehead atoms. The molecule has 0 aliphatic rings.